The number of carbonyl (C=O) groups is 1. The third-order valence-electron chi connectivity index (χ3n) is 3.12. The second-order valence-electron chi connectivity index (χ2n) is 5.20. The van der Waals surface area contributed by atoms with Crippen molar-refractivity contribution in [1.29, 1.82) is 0 Å². The van der Waals surface area contributed by atoms with Gasteiger partial charge in [0.1, 0.15) is 0 Å². The van der Waals surface area contributed by atoms with Gasteiger partial charge in [0.2, 0.25) is 0 Å². The van der Waals surface area contributed by atoms with Gasteiger partial charge in [-0.3, -0.25) is 0 Å². The fraction of sp³-hybridized carbons (Fsp3) is 0.692. The zero-order valence-corrected chi connectivity index (χ0v) is 12.9. The molecule has 0 aliphatic heterocycles. The van der Waals surface area contributed by atoms with Gasteiger partial charge in [-0.25, -0.2) is 4.98 Å². The first-order valence-electron chi connectivity index (χ1n) is 6.61. The Morgan fingerprint density at radius 2 is 2.05 bits per heavy atom. The fourth-order valence-corrected chi connectivity index (χ4v) is 2.92. The van der Waals surface area contributed by atoms with Crippen molar-refractivity contribution in [3.63, 3.8) is 0 Å². The Balaban J connectivity index is 2.57. The fourth-order valence-electron chi connectivity index (χ4n) is 2.22. The van der Waals surface area contributed by atoms with Crippen molar-refractivity contribution in [1.82, 2.24) is 9.55 Å². The maximum absolute atomic E-state index is 10.5. The lowest BCUT2D eigenvalue weighted by Crippen LogP contribution is -3.18. The number of carboxylic acids is 1. The molecule has 1 N–H and O–H groups in total. The number of hydrogen-bond acceptors (Lipinski definition) is 4. The summed E-state index contributed by atoms with van der Waals surface area (Å²) in [5.41, 5.74) is 0. The highest BCUT2D eigenvalue weighted by Gasteiger charge is 2.17. The van der Waals surface area contributed by atoms with Gasteiger partial charge in [-0.2, -0.15) is 0 Å². The molecule has 0 unspecified atom stereocenters. The van der Waals surface area contributed by atoms with Crippen LogP contribution in [0.15, 0.2) is 17.6 Å². The van der Waals surface area contributed by atoms with Crippen molar-refractivity contribution in [2.24, 2.45) is 0 Å². The van der Waals surface area contributed by atoms with Crippen molar-refractivity contribution < 1.29 is 14.8 Å². The van der Waals surface area contributed by atoms with Crippen molar-refractivity contribution in [3.05, 3.63) is 12.4 Å². The van der Waals surface area contributed by atoms with Gasteiger partial charge >= 0.3 is 0 Å². The first kappa shape index (κ1) is 16.0. The number of aromatic nitrogens is 2. The van der Waals surface area contributed by atoms with E-state index in [2.05, 4.69) is 32.7 Å². The number of hydrogen-bond donors (Lipinski definition) is 1. The number of nitrogens with zero attached hydrogens (tertiary/aromatic N) is 2. The standard InChI is InChI=1S/C13H23N3O2S/c1-10(2)16(11(3)4)8-7-15-6-5-14-13(15)19-9-12(17)18/h5-6,10-11H,7-9H2,1-4H3,(H,17,18). The molecule has 0 aromatic carbocycles. The topological polar surface area (TPSA) is 62.4 Å². The minimum Gasteiger partial charge on any atom is -0.549 e. The first-order chi connectivity index (χ1) is 8.91. The van der Waals surface area contributed by atoms with Crippen molar-refractivity contribution in [2.75, 3.05) is 12.3 Å². The third-order valence-corrected chi connectivity index (χ3v) is 4.10. The largest absolute Gasteiger partial charge is 0.549 e. The van der Waals surface area contributed by atoms with Crippen LogP contribution in [0.3, 0.4) is 0 Å². The molecule has 0 saturated carbocycles. The van der Waals surface area contributed by atoms with Gasteiger partial charge in [0.25, 0.3) is 0 Å². The predicted octanol–water partition coefficient (Wildman–Crippen LogP) is -0.573. The van der Waals surface area contributed by atoms with Crippen LogP contribution >= 0.6 is 11.8 Å². The molecule has 0 spiro atoms. The Morgan fingerprint density at radius 1 is 1.42 bits per heavy atom. The lowest BCUT2D eigenvalue weighted by atomic mass is 10.2. The summed E-state index contributed by atoms with van der Waals surface area (Å²) >= 11 is 1.21. The van der Waals surface area contributed by atoms with Crippen LogP contribution in [0.2, 0.25) is 0 Å². The van der Waals surface area contributed by atoms with Crippen molar-refractivity contribution >= 4 is 17.7 Å². The number of rotatable bonds is 8. The maximum Gasteiger partial charge on any atom is 0.168 e. The lowest BCUT2D eigenvalue weighted by molar-refractivity contribution is -0.942. The van der Waals surface area contributed by atoms with Crippen LogP contribution in [-0.4, -0.2) is 39.9 Å². The van der Waals surface area contributed by atoms with Crippen LogP contribution in [0.1, 0.15) is 27.7 Å². The van der Waals surface area contributed by atoms with E-state index in [-0.39, 0.29) is 5.75 Å². The van der Waals surface area contributed by atoms with E-state index in [0.717, 1.165) is 18.2 Å². The molecule has 0 atom stereocenters. The molecule has 5 nitrogen and oxygen atoms in total. The average molecular weight is 285 g/mol. The van der Waals surface area contributed by atoms with E-state index in [9.17, 15) is 9.90 Å². The summed E-state index contributed by atoms with van der Waals surface area (Å²) < 4.78 is 2.01. The molecule has 1 aromatic rings. The summed E-state index contributed by atoms with van der Waals surface area (Å²) in [7, 11) is 0. The number of nitrogens with one attached hydrogen (secondary N) is 1. The molecule has 0 radical (unpaired) electrons. The minimum absolute atomic E-state index is 0.0536. The summed E-state index contributed by atoms with van der Waals surface area (Å²) in [4.78, 5) is 16.2. The molecule has 0 aliphatic carbocycles. The van der Waals surface area contributed by atoms with Crippen LogP contribution < -0.4 is 10.0 Å². The summed E-state index contributed by atoms with van der Waals surface area (Å²) in [5, 5.41) is 11.2. The highest BCUT2D eigenvalue weighted by atomic mass is 32.2. The Morgan fingerprint density at radius 3 is 2.58 bits per heavy atom. The number of carbonyl (C=O) groups excluding carboxylic acids is 1. The van der Waals surface area contributed by atoms with Gasteiger partial charge in [-0.1, -0.05) is 11.8 Å². The van der Waals surface area contributed by atoms with Gasteiger partial charge in [0.15, 0.2) is 5.16 Å². The third kappa shape index (κ3) is 5.24. The van der Waals surface area contributed by atoms with Gasteiger partial charge in [-0.05, 0) is 27.7 Å². The van der Waals surface area contributed by atoms with Gasteiger partial charge < -0.3 is 19.4 Å². The monoisotopic (exact) mass is 285 g/mol. The summed E-state index contributed by atoms with van der Waals surface area (Å²) in [6, 6.07) is 1.14. The predicted molar refractivity (Wildman–Crippen MR) is 74.1 cm³/mol. The smallest absolute Gasteiger partial charge is 0.168 e. The zero-order valence-electron chi connectivity index (χ0n) is 12.0. The lowest BCUT2D eigenvalue weighted by Gasteiger charge is -2.27. The van der Waals surface area contributed by atoms with E-state index < -0.39 is 5.97 Å². The van der Waals surface area contributed by atoms with E-state index in [1.54, 1.807) is 6.20 Å². The Bertz CT molecular complexity index is 396. The molecule has 0 aliphatic rings. The number of imidazole rings is 1. The summed E-state index contributed by atoms with van der Waals surface area (Å²) in [5.74, 6) is -1.11. The normalized spacial score (nSPS) is 11.7. The van der Waals surface area contributed by atoms with Crippen LogP contribution in [0.5, 0.6) is 0 Å². The second-order valence-corrected chi connectivity index (χ2v) is 6.14. The van der Waals surface area contributed by atoms with E-state index in [1.165, 1.54) is 16.7 Å². The Kier molecular flexibility index (Phi) is 6.37. The molecular weight excluding hydrogens is 262 g/mol. The Hall–Kier alpha value is -1.01. The van der Waals surface area contributed by atoms with E-state index in [4.69, 9.17) is 0 Å². The molecule has 1 heterocycles. The summed E-state index contributed by atoms with van der Waals surface area (Å²) in [6.45, 7) is 10.7. The van der Waals surface area contributed by atoms with Crippen molar-refractivity contribution in [3.8, 4) is 0 Å². The SMILES string of the molecule is CC(C)[NH+](CCn1ccnc1SCC(=O)[O-])C(C)C. The van der Waals surface area contributed by atoms with E-state index in [1.807, 2.05) is 10.8 Å². The zero-order chi connectivity index (χ0) is 14.4. The van der Waals surface area contributed by atoms with Gasteiger partial charge in [0, 0.05) is 18.1 Å². The van der Waals surface area contributed by atoms with Gasteiger partial charge in [-0.15, -0.1) is 0 Å². The molecular formula is C13H23N3O2S. The Labute approximate surface area is 119 Å². The molecule has 6 heteroatoms. The maximum atomic E-state index is 10.5. The molecule has 1 aromatic heterocycles. The highest BCUT2D eigenvalue weighted by Crippen LogP contribution is 2.14. The molecule has 0 saturated heterocycles. The highest BCUT2D eigenvalue weighted by molar-refractivity contribution is 7.99. The van der Waals surface area contributed by atoms with Crippen LogP contribution in [0.25, 0.3) is 0 Å². The molecule has 0 fully saturated rings. The van der Waals surface area contributed by atoms with Crippen molar-refractivity contribution in [2.45, 2.75) is 51.5 Å². The number of aliphatic carboxylic acids is 1. The number of quaternary nitrogens is 1. The van der Waals surface area contributed by atoms with Gasteiger partial charge in [0.05, 0.1) is 31.1 Å². The van der Waals surface area contributed by atoms with Crippen LogP contribution in [0, 0.1) is 0 Å². The second kappa shape index (κ2) is 7.55. The van der Waals surface area contributed by atoms with E-state index >= 15 is 0 Å². The number of thioether (sulfide) groups is 1. The molecule has 19 heavy (non-hydrogen) atoms. The minimum atomic E-state index is -1.06. The van der Waals surface area contributed by atoms with Crippen LogP contribution in [0.4, 0.5) is 0 Å². The molecule has 1 rings (SSSR count). The number of carboxylic acid groups (broad SMARTS) is 1. The quantitative estimate of drug-likeness (QED) is 0.650. The molecule has 108 valence electrons. The van der Waals surface area contributed by atoms with E-state index in [0.29, 0.717) is 12.1 Å². The first-order valence-corrected chi connectivity index (χ1v) is 7.59. The summed E-state index contributed by atoms with van der Waals surface area (Å²) in [6.07, 6.45) is 3.61. The van der Waals surface area contributed by atoms with Crippen LogP contribution in [-0.2, 0) is 11.3 Å². The molecule has 0 amide bonds. The molecule has 0 bridgehead atoms. The average Bonchev–Trinajstić information content (AvgIpc) is 2.73.